The summed E-state index contributed by atoms with van der Waals surface area (Å²) < 4.78 is 5.58. The summed E-state index contributed by atoms with van der Waals surface area (Å²) in [7, 11) is 2.02. The third kappa shape index (κ3) is 5.12. The number of nitrogens with one attached hydrogen (secondary N) is 1. The average Bonchev–Trinajstić information content (AvgIpc) is 2.74. The quantitative estimate of drug-likeness (QED) is 0.577. The Morgan fingerprint density at radius 2 is 1.70 bits per heavy atom. The lowest BCUT2D eigenvalue weighted by molar-refractivity contribution is -0.384. The van der Waals surface area contributed by atoms with Gasteiger partial charge in [-0.1, -0.05) is 12.1 Å². The number of non-ortho nitro benzene ring substituents is 1. The SMILES string of the molecule is C[C@@H](Oc1ccc([N+](=O)[O-])cc1)C(=O)Nc1ccccc1C(=O)N1CCN(C)CC1. The van der Waals surface area contributed by atoms with E-state index in [2.05, 4.69) is 10.2 Å². The van der Waals surface area contributed by atoms with Gasteiger partial charge in [-0.05, 0) is 38.2 Å². The minimum Gasteiger partial charge on any atom is -0.481 e. The number of carbonyl (C=O) groups excluding carboxylic acids is 2. The van der Waals surface area contributed by atoms with Gasteiger partial charge >= 0.3 is 0 Å². The minimum absolute atomic E-state index is 0.0594. The Kier molecular flexibility index (Phi) is 6.63. The van der Waals surface area contributed by atoms with Crippen molar-refractivity contribution in [2.45, 2.75) is 13.0 Å². The third-order valence-electron chi connectivity index (χ3n) is 4.94. The summed E-state index contributed by atoms with van der Waals surface area (Å²) >= 11 is 0. The summed E-state index contributed by atoms with van der Waals surface area (Å²) in [5, 5.41) is 13.5. The van der Waals surface area contributed by atoms with Crippen molar-refractivity contribution in [3.63, 3.8) is 0 Å². The molecular formula is C21H24N4O5. The highest BCUT2D eigenvalue weighted by Crippen LogP contribution is 2.21. The van der Waals surface area contributed by atoms with Gasteiger partial charge in [0.25, 0.3) is 17.5 Å². The maximum atomic E-state index is 12.9. The molecule has 0 unspecified atom stereocenters. The van der Waals surface area contributed by atoms with Gasteiger partial charge in [-0.25, -0.2) is 0 Å². The van der Waals surface area contributed by atoms with E-state index >= 15 is 0 Å². The van der Waals surface area contributed by atoms with Crippen LogP contribution in [-0.4, -0.2) is 65.9 Å². The predicted molar refractivity (Wildman–Crippen MR) is 112 cm³/mol. The van der Waals surface area contributed by atoms with Gasteiger partial charge in [0.05, 0.1) is 16.2 Å². The molecule has 30 heavy (non-hydrogen) atoms. The molecule has 0 aromatic heterocycles. The summed E-state index contributed by atoms with van der Waals surface area (Å²) in [6.07, 6.45) is -0.863. The van der Waals surface area contributed by atoms with E-state index in [0.717, 1.165) is 13.1 Å². The van der Waals surface area contributed by atoms with Crippen LogP contribution in [0.4, 0.5) is 11.4 Å². The van der Waals surface area contributed by atoms with Crippen LogP contribution >= 0.6 is 0 Å². The minimum atomic E-state index is -0.863. The zero-order valence-corrected chi connectivity index (χ0v) is 16.9. The summed E-state index contributed by atoms with van der Waals surface area (Å²) in [5.41, 5.74) is 0.791. The summed E-state index contributed by atoms with van der Waals surface area (Å²) in [6.45, 7) is 4.46. The van der Waals surface area contributed by atoms with Gasteiger partial charge in [0.1, 0.15) is 5.75 Å². The van der Waals surface area contributed by atoms with Crippen LogP contribution in [0.15, 0.2) is 48.5 Å². The first-order valence-corrected chi connectivity index (χ1v) is 9.64. The fourth-order valence-corrected chi connectivity index (χ4v) is 3.10. The summed E-state index contributed by atoms with van der Waals surface area (Å²) in [5.74, 6) is -0.208. The van der Waals surface area contributed by atoms with Gasteiger partial charge < -0.3 is 19.9 Å². The fraction of sp³-hybridized carbons (Fsp3) is 0.333. The van der Waals surface area contributed by atoms with Gasteiger partial charge in [0, 0.05) is 38.3 Å². The van der Waals surface area contributed by atoms with Crippen LogP contribution < -0.4 is 10.1 Å². The molecule has 158 valence electrons. The van der Waals surface area contributed by atoms with E-state index in [1.165, 1.54) is 24.3 Å². The van der Waals surface area contributed by atoms with E-state index in [-0.39, 0.29) is 11.6 Å². The molecule has 0 saturated carbocycles. The van der Waals surface area contributed by atoms with Gasteiger partial charge in [-0.15, -0.1) is 0 Å². The van der Waals surface area contributed by atoms with Crippen molar-refractivity contribution in [3.8, 4) is 5.75 Å². The molecule has 0 bridgehead atoms. The van der Waals surface area contributed by atoms with E-state index in [1.54, 1.807) is 36.1 Å². The molecule has 1 saturated heterocycles. The maximum Gasteiger partial charge on any atom is 0.269 e. The molecule has 2 aromatic carbocycles. The number of nitro groups is 1. The van der Waals surface area contributed by atoms with Crippen LogP contribution in [0.25, 0.3) is 0 Å². The number of hydrogen-bond acceptors (Lipinski definition) is 6. The molecule has 1 aliphatic heterocycles. The number of hydrogen-bond donors (Lipinski definition) is 1. The second-order valence-electron chi connectivity index (χ2n) is 7.14. The van der Waals surface area contributed by atoms with E-state index in [9.17, 15) is 19.7 Å². The fourth-order valence-electron chi connectivity index (χ4n) is 3.10. The number of amides is 2. The summed E-state index contributed by atoms with van der Waals surface area (Å²) in [6, 6.07) is 12.4. The van der Waals surface area contributed by atoms with Crippen LogP contribution in [0, 0.1) is 10.1 Å². The van der Waals surface area contributed by atoms with Gasteiger partial charge in [0.15, 0.2) is 6.10 Å². The number of para-hydroxylation sites is 1. The lowest BCUT2D eigenvalue weighted by Crippen LogP contribution is -2.47. The van der Waals surface area contributed by atoms with Crippen molar-refractivity contribution in [3.05, 3.63) is 64.2 Å². The smallest absolute Gasteiger partial charge is 0.269 e. The molecular weight excluding hydrogens is 388 g/mol. The van der Waals surface area contributed by atoms with Gasteiger partial charge in [-0.3, -0.25) is 19.7 Å². The number of likely N-dealkylation sites (N-methyl/N-ethyl adjacent to an activating group) is 1. The molecule has 0 aliphatic carbocycles. The van der Waals surface area contributed by atoms with Crippen molar-refractivity contribution < 1.29 is 19.2 Å². The lowest BCUT2D eigenvalue weighted by atomic mass is 10.1. The molecule has 0 radical (unpaired) electrons. The molecule has 1 fully saturated rings. The number of nitro benzene ring substituents is 1. The molecule has 3 rings (SSSR count). The first-order valence-electron chi connectivity index (χ1n) is 9.64. The highest BCUT2D eigenvalue weighted by atomic mass is 16.6. The second-order valence-corrected chi connectivity index (χ2v) is 7.14. The highest BCUT2D eigenvalue weighted by molar-refractivity contribution is 6.04. The first-order chi connectivity index (χ1) is 14.3. The van der Waals surface area contributed by atoms with Crippen molar-refractivity contribution in [2.75, 3.05) is 38.5 Å². The number of benzene rings is 2. The van der Waals surface area contributed by atoms with Gasteiger partial charge in [-0.2, -0.15) is 0 Å². The van der Waals surface area contributed by atoms with E-state index in [1.807, 2.05) is 7.05 Å². The van der Waals surface area contributed by atoms with Crippen LogP contribution in [0.1, 0.15) is 17.3 Å². The number of anilines is 1. The first kappa shape index (κ1) is 21.3. The van der Waals surface area contributed by atoms with E-state index in [0.29, 0.717) is 30.1 Å². The van der Waals surface area contributed by atoms with Crippen LogP contribution in [-0.2, 0) is 4.79 Å². The van der Waals surface area contributed by atoms with Gasteiger partial charge in [0.2, 0.25) is 0 Å². The zero-order valence-electron chi connectivity index (χ0n) is 16.9. The average molecular weight is 412 g/mol. The Hall–Kier alpha value is -3.46. The standard InChI is InChI=1S/C21H24N4O5/c1-15(30-17-9-7-16(8-10-17)25(28)29)20(26)22-19-6-4-3-5-18(19)21(27)24-13-11-23(2)12-14-24/h3-10,15H,11-14H2,1-2H3,(H,22,26)/t15-/m1/s1. The topological polar surface area (TPSA) is 105 Å². The highest BCUT2D eigenvalue weighted by Gasteiger charge is 2.24. The number of nitrogens with zero attached hydrogens (tertiary/aromatic N) is 3. The second kappa shape index (κ2) is 9.36. The van der Waals surface area contributed by atoms with E-state index < -0.39 is 16.9 Å². The number of rotatable bonds is 6. The molecule has 2 amide bonds. The normalized spacial score (nSPS) is 15.3. The Labute approximate surface area is 174 Å². The molecule has 9 nitrogen and oxygen atoms in total. The molecule has 1 atom stereocenters. The zero-order chi connectivity index (χ0) is 21.7. The predicted octanol–water partition coefficient (Wildman–Crippen LogP) is 2.39. The summed E-state index contributed by atoms with van der Waals surface area (Å²) in [4.78, 5) is 39.7. The number of ether oxygens (including phenoxy) is 1. The third-order valence-corrected chi connectivity index (χ3v) is 4.94. The van der Waals surface area contributed by atoms with Crippen LogP contribution in [0.2, 0.25) is 0 Å². The largest absolute Gasteiger partial charge is 0.481 e. The molecule has 2 aromatic rings. The molecule has 1 aliphatic rings. The number of piperazine rings is 1. The molecule has 1 heterocycles. The Balaban J connectivity index is 1.66. The monoisotopic (exact) mass is 412 g/mol. The van der Waals surface area contributed by atoms with Crippen molar-refractivity contribution in [1.29, 1.82) is 0 Å². The van der Waals surface area contributed by atoms with Crippen molar-refractivity contribution >= 4 is 23.2 Å². The van der Waals surface area contributed by atoms with Crippen molar-refractivity contribution in [2.24, 2.45) is 0 Å². The van der Waals surface area contributed by atoms with Crippen LogP contribution in [0.5, 0.6) is 5.75 Å². The number of carbonyl (C=O) groups is 2. The molecule has 0 spiro atoms. The maximum absolute atomic E-state index is 12.9. The lowest BCUT2D eigenvalue weighted by Gasteiger charge is -2.32. The molecule has 9 heteroatoms. The van der Waals surface area contributed by atoms with Crippen molar-refractivity contribution in [1.82, 2.24) is 9.80 Å². The molecule has 1 N–H and O–H groups in total. The Bertz CT molecular complexity index is 923. The van der Waals surface area contributed by atoms with E-state index in [4.69, 9.17) is 4.74 Å². The Morgan fingerprint density at radius 3 is 2.33 bits per heavy atom. The Morgan fingerprint density at radius 1 is 1.07 bits per heavy atom. The van der Waals surface area contributed by atoms with Crippen LogP contribution in [0.3, 0.4) is 0 Å².